The standard InChI is InChI=1S/C15H14BrCl/c1-10-7-8-11(2)13(9-10)15(17)12-5-3-4-6-14(12)16/h3-9,15H,1-2H3. The van der Waals surface area contributed by atoms with E-state index in [2.05, 4.69) is 54.0 Å². The molecule has 1 unspecified atom stereocenters. The van der Waals surface area contributed by atoms with Gasteiger partial charge in [0.1, 0.15) is 0 Å². The van der Waals surface area contributed by atoms with E-state index in [1.54, 1.807) is 0 Å². The second-order valence-corrected chi connectivity index (χ2v) is 5.53. The normalized spacial score (nSPS) is 12.5. The van der Waals surface area contributed by atoms with E-state index in [0.717, 1.165) is 10.0 Å². The molecule has 0 spiro atoms. The van der Waals surface area contributed by atoms with Gasteiger partial charge in [-0.05, 0) is 36.6 Å². The molecule has 0 aromatic heterocycles. The molecule has 0 aliphatic rings. The highest BCUT2D eigenvalue weighted by Crippen LogP contribution is 2.35. The monoisotopic (exact) mass is 308 g/mol. The number of rotatable bonds is 2. The molecular formula is C15H14BrCl. The van der Waals surface area contributed by atoms with Crippen LogP contribution >= 0.6 is 27.5 Å². The maximum absolute atomic E-state index is 6.58. The average Bonchev–Trinajstić information content (AvgIpc) is 2.32. The molecule has 2 heteroatoms. The van der Waals surface area contributed by atoms with Crippen LogP contribution in [-0.4, -0.2) is 0 Å². The topological polar surface area (TPSA) is 0 Å². The van der Waals surface area contributed by atoms with Gasteiger partial charge in [-0.3, -0.25) is 0 Å². The Morgan fingerprint density at radius 3 is 2.41 bits per heavy atom. The maximum Gasteiger partial charge on any atom is 0.0848 e. The van der Waals surface area contributed by atoms with Crippen molar-refractivity contribution in [1.29, 1.82) is 0 Å². The van der Waals surface area contributed by atoms with Gasteiger partial charge in [-0.2, -0.15) is 0 Å². The maximum atomic E-state index is 6.58. The van der Waals surface area contributed by atoms with Crippen LogP contribution in [0.5, 0.6) is 0 Å². The first-order valence-corrected chi connectivity index (χ1v) is 6.78. The second kappa shape index (κ2) is 5.24. The zero-order valence-electron chi connectivity index (χ0n) is 9.87. The molecule has 0 bridgehead atoms. The molecule has 0 fully saturated rings. The first-order valence-electron chi connectivity index (χ1n) is 5.55. The lowest BCUT2D eigenvalue weighted by Gasteiger charge is -2.15. The lowest BCUT2D eigenvalue weighted by atomic mass is 9.98. The summed E-state index contributed by atoms with van der Waals surface area (Å²) in [5.41, 5.74) is 4.76. The van der Waals surface area contributed by atoms with E-state index in [1.807, 2.05) is 18.2 Å². The highest BCUT2D eigenvalue weighted by atomic mass is 79.9. The summed E-state index contributed by atoms with van der Waals surface area (Å²) >= 11 is 10.1. The van der Waals surface area contributed by atoms with Crippen LogP contribution in [0.15, 0.2) is 46.9 Å². The fraction of sp³-hybridized carbons (Fsp3) is 0.200. The minimum absolute atomic E-state index is 0.106. The van der Waals surface area contributed by atoms with Gasteiger partial charge in [0.05, 0.1) is 5.38 Å². The minimum atomic E-state index is -0.106. The van der Waals surface area contributed by atoms with Crippen LogP contribution in [0.3, 0.4) is 0 Å². The summed E-state index contributed by atoms with van der Waals surface area (Å²) in [6.07, 6.45) is 0. The largest absolute Gasteiger partial charge is 0.113 e. The summed E-state index contributed by atoms with van der Waals surface area (Å²) in [6, 6.07) is 14.5. The fourth-order valence-corrected chi connectivity index (χ4v) is 2.95. The Morgan fingerprint density at radius 2 is 1.71 bits per heavy atom. The molecule has 88 valence electrons. The number of alkyl halides is 1. The molecule has 0 saturated carbocycles. The van der Waals surface area contributed by atoms with Crippen LogP contribution in [0.1, 0.15) is 27.6 Å². The van der Waals surface area contributed by atoms with Crippen molar-refractivity contribution in [2.24, 2.45) is 0 Å². The minimum Gasteiger partial charge on any atom is -0.113 e. The van der Waals surface area contributed by atoms with Crippen molar-refractivity contribution in [1.82, 2.24) is 0 Å². The summed E-state index contributed by atoms with van der Waals surface area (Å²) in [5.74, 6) is 0. The number of halogens is 2. The van der Waals surface area contributed by atoms with E-state index in [4.69, 9.17) is 11.6 Å². The summed E-state index contributed by atoms with van der Waals surface area (Å²) in [7, 11) is 0. The Bertz CT molecular complexity index is 534. The van der Waals surface area contributed by atoms with Crippen LogP contribution in [0.25, 0.3) is 0 Å². The SMILES string of the molecule is Cc1ccc(C)c(C(Cl)c2ccccc2Br)c1. The summed E-state index contributed by atoms with van der Waals surface area (Å²) in [6.45, 7) is 4.19. The third kappa shape index (κ3) is 2.72. The smallest absolute Gasteiger partial charge is 0.0848 e. The second-order valence-electron chi connectivity index (χ2n) is 4.24. The quantitative estimate of drug-likeness (QED) is 0.652. The van der Waals surface area contributed by atoms with Crippen molar-refractivity contribution < 1.29 is 0 Å². The van der Waals surface area contributed by atoms with E-state index < -0.39 is 0 Å². The van der Waals surface area contributed by atoms with Crippen LogP contribution in [0, 0.1) is 13.8 Å². The molecule has 2 rings (SSSR count). The third-order valence-corrected chi connectivity index (χ3v) is 4.08. The zero-order valence-corrected chi connectivity index (χ0v) is 12.2. The number of benzene rings is 2. The van der Waals surface area contributed by atoms with Crippen LogP contribution < -0.4 is 0 Å². The Hall–Kier alpha value is -0.790. The Morgan fingerprint density at radius 1 is 1.00 bits per heavy atom. The number of hydrogen-bond donors (Lipinski definition) is 0. The van der Waals surface area contributed by atoms with Crippen LogP contribution in [0.4, 0.5) is 0 Å². The predicted molar refractivity (Wildman–Crippen MR) is 77.8 cm³/mol. The lowest BCUT2D eigenvalue weighted by molar-refractivity contribution is 1.09. The van der Waals surface area contributed by atoms with Crippen molar-refractivity contribution in [3.05, 3.63) is 69.2 Å². The predicted octanol–water partition coefficient (Wildman–Crippen LogP) is 5.39. The molecule has 2 aromatic rings. The summed E-state index contributed by atoms with van der Waals surface area (Å²) in [4.78, 5) is 0. The van der Waals surface area contributed by atoms with Gasteiger partial charge < -0.3 is 0 Å². The highest BCUT2D eigenvalue weighted by molar-refractivity contribution is 9.10. The molecule has 0 N–H and O–H groups in total. The van der Waals surface area contributed by atoms with E-state index >= 15 is 0 Å². The van der Waals surface area contributed by atoms with Gasteiger partial charge in [-0.1, -0.05) is 57.9 Å². The van der Waals surface area contributed by atoms with Gasteiger partial charge in [0.15, 0.2) is 0 Å². The highest BCUT2D eigenvalue weighted by Gasteiger charge is 2.15. The van der Waals surface area contributed by atoms with Gasteiger partial charge >= 0.3 is 0 Å². The van der Waals surface area contributed by atoms with Crippen molar-refractivity contribution in [3.63, 3.8) is 0 Å². The molecular weight excluding hydrogens is 296 g/mol. The van der Waals surface area contributed by atoms with Gasteiger partial charge in [-0.15, -0.1) is 11.6 Å². The third-order valence-electron chi connectivity index (χ3n) is 2.89. The van der Waals surface area contributed by atoms with Crippen LogP contribution in [0.2, 0.25) is 0 Å². The first-order chi connectivity index (χ1) is 8.09. The molecule has 17 heavy (non-hydrogen) atoms. The Balaban J connectivity index is 2.47. The zero-order chi connectivity index (χ0) is 12.4. The van der Waals surface area contributed by atoms with Crippen molar-refractivity contribution >= 4 is 27.5 Å². The van der Waals surface area contributed by atoms with E-state index in [-0.39, 0.29) is 5.38 Å². The number of aryl methyl sites for hydroxylation is 2. The molecule has 0 aliphatic heterocycles. The fourth-order valence-electron chi connectivity index (χ4n) is 1.88. The summed E-state index contributed by atoms with van der Waals surface area (Å²) < 4.78 is 1.06. The van der Waals surface area contributed by atoms with Crippen molar-refractivity contribution in [2.45, 2.75) is 19.2 Å². The molecule has 0 nitrogen and oxygen atoms in total. The summed E-state index contributed by atoms with van der Waals surface area (Å²) in [5, 5.41) is -0.106. The van der Waals surface area contributed by atoms with Crippen molar-refractivity contribution in [2.75, 3.05) is 0 Å². The average molecular weight is 310 g/mol. The molecule has 2 aromatic carbocycles. The first kappa shape index (κ1) is 12.7. The molecule has 0 aliphatic carbocycles. The Labute approximate surface area is 116 Å². The molecule has 0 amide bonds. The van der Waals surface area contributed by atoms with E-state index in [9.17, 15) is 0 Å². The number of hydrogen-bond acceptors (Lipinski definition) is 0. The van der Waals surface area contributed by atoms with Gasteiger partial charge in [0.25, 0.3) is 0 Å². The van der Waals surface area contributed by atoms with Gasteiger partial charge in [0, 0.05) is 4.47 Å². The molecule has 0 heterocycles. The molecule has 0 radical (unpaired) electrons. The van der Waals surface area contributed by atoms with E-state index in [1.165, 1.54) is 16.7 Å². The van der Waals surface area contributed by atoms with Crippen LogP contribution in [-0.2, 0) is 0 Å². The Kier molecular flexibility index (Phi) is 3.90. The lowest BCUT2D eigenvalue weighted by Crippen LogP contribution is -1.97. The van der Waals surface area contributed by atoms with Gasteiger partial charge in [-0.25, -0.2) is 0 Å². The molecule has 0 saturated heterocycles. The van der Waals surface area contributed by atoms with Crippen molar-refractivity contribution in [3.8, 4) is 0 Å². The van der Waals surface area contributed by atoms with Gasteiger partial charge in [0.2, 0.25) is 0 Å². The molecule has 1 atom stereocenters. The van der Waals surface area contributed by atoms with E-state index in [0.29, 0.717) is 0 Å².